The largest absolute Gasteiger partial charge is 0.490 e. The van der Waals surface area contributed by atoms with E-state index in [1.165, 1.54) is 18.4 Å². The first-order valence-electron chi connectivity index (χ1n) is 7.20. The van der Waals surface area contributed by atoms with Gasteiger partial charge >= 0.3 is 0 Å². The van der Waals surface area contributed by atoms with E-state index in [2.05, 4.69) is 32.9 Å². The molecule has 0 aliphatic carbocycles. The third-order valence-electron chi connectivity index (χ3n) is 2.75. The topological polar surface area (TPSA) is 18.5 Å². The van der Waals surface area contributed by atoms with Crippen LogP contribution in [0.2, 0.25) is 0 Å². The summed E-state index contributed by atoms with van der Waals surface area (Å²) in [5, 5.41) is 0. The summed E-state index contributed by atoms with van der Waals surface area (Å²) in [5.74, 6) is 1.78. The van der Waals surface area contributed by atoms with Crippen molar-refractivity contribution in [2.75, 3.05) is 13.2 Å². The Balaban J connectivity index is 2.74. The number of aryl methyl sites for hydroxylation is 1. The van der Waals surface area contributed by atoms with Crippen LogP contribution in [0.5, 0.6) is 11.5 Å². The maximum atomic E-state index is 5.78. The van der Waals surface area contributed by atoms with Crippen LogP contribution >= 0.6 is 0 Å². The number of ether oxygens (including phenoxy) is 2. The second-order valence-electron chi connectivity index (χ2n) is 4.58. The molecule has 0 spiro atoms. The van der Waals surface area contributed by atoms with Crippen LogP contribution in [0.25, 0.3) is 0 Å². The molecule has 1 aromatic carbocycles. The Morgan fingerprint density at radius 2 is 1.50 bits per heavy atom. The zero-order valence-electron chi connectivity index (χ0n) is 12.0. The highest BCUT2D eigenvalue weighted by Crippen LogP contribution is 2.29. The van der Waals surface area contributed by atoms with Crippen LogP contribution in [0.15, 0.2) is 18.2 Å². The molecule has 0 heterocycles. The number of rotatable bonds is 9. The van der Waals surface area contributed by atoms with E-state index in [1.54, 1.807) is 0 Å². The lowest BCUT2D eigenvalue weighted by Crippen LogP contribution is -2.02. The van der Waals surface area contributed by atoms with Crippen molar-refractivity contribution in [3.63, 3.8) is 0 Å². The fourth-order valence-corrected chi connectivity index (χ4v) is 1.74. The first kappa shape index (κ1) is 14.9. The fraction of sp³-hybridized carbons (Fsp3) is 0.625. The van der Waals surface area contributed by atoms with E-state index in [4.69, 9.17) is 9.47 Å². The predicted octanol–water partition coefficient (Wildman–Crippen LogP) is 4.61. The van der Waals surface area contributed by atoms with Gasteiger partial charge in [0.2, 0.25) is 0 Å². The molecule has 1 rings (SSSR count). The van der Waals surface area contributed by atoms with Gasteiger partial charge in [-0.15, -0.1) is 0 Å². The second-order valence-corrected chi connectivity index (χ2v) is 4.58. The van der Waals surface area contributed by atoms with Gasteiger partial charge < -0.3 is 9.47 Å². The fourth-order valence-electron chi connectivity index (χ4n) is 1.74. The van der Waals surface area contributed by atoms with E-state index >= 15 is 0 Å². The zero-order valence-corrected chi connectivity index (χ0v) is 12.0. The zero-order chi connectivity index (χ0) is 13.2. The molecule has 0 aliphatic heterocycles. The smallest absolute Gasteiger partial charge is 0.161 e. The molecule has 0 amide bonds. The third kappa shape index (κ3) is 4.99. The normalized spacial score (nSPS) is 10.4. The van der Waals surface area contributed by atoms with Crippen molar-refractivity contribution in [1.82, 2.24) is 0 Å². The highest BCUT2D eigenvalue weighted by Gasteiger charge is 2.06. The van der Waals surface area contributed by atoms with Crippen molar-refractivity contribution in [3.8, 4) is 11.5 Å². The molecule has 0 saturated heterocycles. The number of unbranched alkanes of at least 4 members (excludes halogenated alkanes) is 1. The number of hydrogen-bond donors (Lipinski definition) is 0. The van der Waals surface area contributed by atoms with E-state index in [0.717, 1.165) is 44.0 Å². The van der Waals surface area contributed by atoms with Crippen LogP contribution in [0.1, 0.15) is 52.0 Å². The van der Waals surface area contributed by atoms with Crippen LogP contribution in [0.4, 0.5) is 0 Å². The van der Waals surface area contributed by atoms with E-state index in [1.807, 2.05) is 6.07 Å². The minimum atomic E-state index is 0.747. The molecule has 102 valence electrons. The van der Waals surface area contributed by atoms with E-state index in [-0.39, 0.29) is 0 Å². The Hall–Kier alpha value is -1.18. The number of hydrogen-bond acceptors (Lipinski definition) is 2. The Kier molecular flexibility index (Phi) is 7.31. The predicted molar refractivity (Wildman–Crippen MR) is 76.6 cm³/mol. The van der Waals surface area contributed by atoms with Crippen LogP contribution in [-0.4, -0.2) is 13.2 Å². The van der Waals surface area contributed by atoms with Crippen LogP contribution < -0.4 is 9.47 Å². The molecule has 0 saturated carbocycles. The molecular weight excluding hydrogens is 224 g/mol. The SMILES string of the molecule is CCCCc1ccc(OCCC)c(OCCC)c1. The molecule has 0 fully saturated rings. The van der Waals surface area contributed by atoms with Crippen molar-refractivity contribution in [3.05, 3.63) is 23.8 Å². The lowest BCUT2D eigenvalue weighted by Gasteiger charge is -2.13. The van der Waals surface area contributed by atoms with Gasteiger partial charge in [0.05, 0.1) is 13.2 Å². The van der Waals surface area contributed by atoms with Crippen molar-refractivity contribution >= 4 is 0 Å². The van der Waals surface area contributed by atoms with Crippen LogP contribution in [0, 0.1) is 0 Å². The van der Waals surface area contributed by atoms with Crippen LogP contribution in [-0.2, 0) is 6.42 Å². The molecule has 0 unspecified atom stereocenters. The van der Waals surface area contributed by atoms with Crippen molar-refractivity contribution in [1.29, 1.82) is 0 Å². The Morgan fingerprint density at radius 3 is 2.11 bits per heavy atom. The summed E-state index contributed by atoms with van der Waals surface area (Å²) >= 11 is 0. The molecule has 1 aromatic rings. The molecule has 0 aromatic heterocycles. The molecule has 18 heavy (non-hydrogen) atoms. The van der Waals surface area contributed by atoms with Gasteiger partial charge in [-0.1, -0.05) is 33.3 Å². The third-order valence-corrected chi connectivity index (χ3v) is 2.75. The molecule has 0 aliphatic rings. The monoisotopic (exact) mass is 250 g/mol. The Bertz CT molecular complexity index is 334. The van der Waals surface area contributed by atoms with Gasteiger partial charge in [-0.25, -0.2) is 0 Å². The van der Waals surface area contributed by atoms with Gasteiger partial charge in [-0.05, 0) is 43.4 Å². The van der Waals surface area contributed by atoms with E-state index in [0.29, 0.717) is 0 Å². The van der Waals surface area contributed by atoms with Gasteiger partial charge in [-0.2, -0.15) is 0 Å². The molecule has 0 radical (unpaired) electrons. The van der Waals surface area contributed by atoms with Crippen LogP contribution in [0.3, 0.4) is 0 Å². The summed E-state index contributed by atoms with van der Waals surface area (Å²) in [6.07, 6.45) is 5.60. The molecule has 2 heteroatoms. The highest BCUT2D eigenvalue weighted by atomic mass is 16.5. The average molecular weight is 250 g/mol. The average Bonchev–Trinajstić information content (AvgIpc) is 2.41. The minimum absolute atomic E-state index is 0.747. The summed E-state index contributed by atoms with van der Waals surface area (Å²) in [7, 11) is 0. The van der Waals surface area contributed by atoms with Gasteiger partial charge in [0, 0.05) is 0 Å². The van der Waals surface area contributed by atoms with Crippen molar-refractivity contribution < 1.29 is 9.47 Å². The minimum Gasteiger partial charge on any atom is -0.490 e. The summed E-state index contributed by atoms with van der Waals surface area (Å²) in [5.41, 5.74) is 1.34. The molecular formula is C16H26O2. The van der Waals surface area contributed by atoms with Crippen molar-refractivity contribution in [2.45, 2.75) is 52.9 Å². The van der Waals surface area contributed by atoms with E-state index < -0.39 is 0 Å². The Labute approximate surface area is 111 Å². The van der Waals surface area contributed by atoms with Gasteiger partial charge in [0.15, 0.2) is 11.5 Å². The highest BCUT2D eigenvalue weighted by molar-refractivity contribution is 5.43. The maximum Gasteiger partial charge on any atom is 0.161 e. The molecule has 0 bridgehead atoms. The van der Waals surface area contributed by atoms with Gasteiger partial charge in [0.25, 0.3) is 0 Å². The Morgan fingerprint density at radius 1 is 0.833 bits per heavy atom. The second kappa shape index (κ2) is 8.84. The summed E-state index contributed by atoms with van der Waals surface area (Å²) in [4.78, 5) is 0. The molecule has 2 nitrogen and oxygen atoms in total. The van der Waals surface area contributed by atoms with Gasteiger partial charge in [0.1, 0.15) is 0 Å². The summed E-state index contributed by atoms with van der Waals surface area (Å²) in [6, 6.07) is 6.33. The van der Waals surface area contributed by atoms with E-state index in [9.17, 15) is 0 Å². The first-order chi connectivity index (χ1) is 8.81. The molecule has 0 N–H and O–H groups in total. The quantitative estimate of drug-likeness (QED) is 0.637. The van der Waals surface area contributed by atoms with Gasteiger partial charge in [-0.3, -0.25) is 0 Å². The lowest BCUT2D eigenvalue weighted by atomic mass is 10.1. The molecule has 0 atom stereocenters. The maximum absolute atomic E-state index is 5.78. The number of benzene rings is 1. The summed E-state index contributed by atoms with van der Waals surface area (Å²) in [6.45, 7) is 7.94. The first-order valence-corrected chi connectivity index (χ1v) is 7.20. The van der Waals surface area contributed by atoms with Crippen molar-refractivity contribution in [2.24, 2.45) is 0 Å². The summed E-state index contributed by atoms with van der Waals surface area (Å²) < 4.78 is 11.5. The lowest BCUT2D eigenvalue weighted by molar-refractivity contribution is 0.268. The standard InChI is InChI=1S/C16H26O2/c1-4-7-8-14-9-10-15(17-11-5-2)16(13-14)18-12-6-3/h9-10,13H,4-8,11-12H2,1-3H3.